The molecule has 0 spiro atoms. The molecule has 0 bridgehead atoms. The Morgan fingerprint density at radius 1 is 1.08 bits per heavy atom. The third kappa shape index (κ3) is 5.40. The zero-order valence-electron chi connectivity index (χ0n) is 13.4. The fourth-order valence-electron chi connectivity index (χ4n) is 1.95. The van der Waals surface area contributed by atoms with E-state index in [1.165, 1.54) is 20.2 Å². The van der Waals surface area contributed by atoms with Gasteiger partial charge < -0.3 is 9.47 Å². The average Bonchev–Trinajstić information content (AvgIpc) is 2.56. The Hall–Kier alpha value is -2.19. The molecular weight excluding hydrogens is 456 g/mol. The van der Waals surface area contributed by atoms with Crippen molar-refractivity contribution in [2.45, 2.75) is 6.92 Å². The minimum Gasteiger partial charge on any atom is -0.496 e. The summed E-state index contributed by atoms with van der Waals surface area (Å²) in [5, 5.41) is 3.92. The van der Waals surface area contributed by atoms with E-state index >= 15 is 0 Å². The normalized spacial score (nSPS) is 10.6. The van der Waals surface area contributed by atoms with Crippen molar-refractivity contribution in [2.75, 3.05) is 7.11 Å². The lowest BCUT2D eigenvalue weighted by atomic mass is 10.2. The van der Waals surface area contributed by atoms with Gasteiger partial charge in [-0.25, -0.2) is 5.43 Å². The van der Waals surface area contributed by atoms with Crippen molar-refractivity contribution in [1.82, 2.24) is 5.43 Å². The minimum absolute atomic E-state index is 0.337. The molecule has 0 saturated carbocycles. The van der Waals surface area contributed by atoms with Gasteiger partial charge in [0.2, 0.25) is 0 Å². The number of hydrogen-bond donors (Lipinski definition) is 1. The molecule has 0 aromatic heterocycles. The number of halogens is 2. The SMILES string of the molecule is COc1ccc(Br)cc1C(=O)N/N=C\c1cc(Br)ccc1OC(C)=O. The number of amides is 1. The van der Waals surface area contributed by atoms with E-state index in [-0.39, 0.29) is 0 Å². The van der Waals surface area contributed by atoms with Crippen molar-refractivity contribution >= 4 is 50.0 Å². The van der Waals surface area contributed by atoms with Crippen LogP contribution in [0, 0.1) is 0 Å². The van der Waals surface area contributed by atoms with Crippen LogP contribution >= 0.6 is 31.9 Å². The molecule has 0 saturated heterocycles. The number of ether oxygens (including phenoxy) is 2. The highest BCUT2D eigenvalue weighted by Crippen LogP contribution is 2.23. The molecule has 0 unspecified atom stereocenters. The van der Waals surface area contributed by atoms with Crippen molar-refractivity contribution in [1.29, 1.82) is 0 Å². The largest absolute Gasteiger partial charge is 0.496 e. The van der Waals surface area contributed by atoms with Gasteiger partial charge in [0.25, 0.3) is 5.91 Å². The lowest BCUT2D eigenvalue weighted by molar-refractivity contribution is -0.131. The maximum Gasteiger partial charge on any atom is 0.308 e. The van der Waals surface area contributed by atoms with Gasteiger partial charge in [-0.1, -0.05) is 31.9 Å². The van der Waals surface area contributed by atoms with Gasteiger partial charge in [0.15, 0.2) is 0 Å². The lowest BCUT2D eigenvalue weighted by Crippen LogP contribution is -2.18. The van der Waals surface area contributed by atoms with Gasteiger partial charge in [0, 0.05) is 21.4 Å². The molecule has 1 N–H and O–H groups in total. The molecule has 25 heavy (non-hydrogen) atoms. The quantitative estimate of drug-likeness (QED) is 0.311. The van der Waals surface area contributed by atoms with Crippen molar-refractivity contribution < 1.29 is 19.1 Å². The van der Waals surface area contributed by atoms with Crippen LogP contribution in [0.2, 0.25) is 0 Å². The maximum atomic E-state index is 12.3. The highest BCUT2D eigenvalue weighted by molar-refractivity contribution is 9.10. The van der Waals surface area contributed by atoms with E-state index in [0.29, 0.717) is 22.6 Å². The Labute approximate surface area is 161 Å². The van der Waals surface area contributed by atoms with E-state index in [1.807, 2.05) is 0 Å². The average molecular weight is 470 g/mol. The van der Waals surface area contributed by atoms with E-state index in [1.54, 1.807) is 36.4 Å². The van der Waals surface area contributed by atoms with Crippen LogP contribution in [0.5, 0.6) is 11.5 Å². The first kappa shape index (κ1) is 19.1. The van der Waals surface area contributed by atoms with E-state index < -0.39 is 11.9 Å². The fraction of sp³-hybridized carbons (Fsp3) is 0.118. The monoisotopic (exact) mass is 468 g/mol. The Balaban J connectivity index is 2.18. The number of hydrogen-bond acceptors (Lipinski definition) is 5. The number of esters is 1. The molecule has 2 aromatic rings. The van der Waals surface area contributed by atoms with Crippen LogP contribution in [0.25, 0.3) is 0 Å². The number of nitrogens with zero attached hydrogens (tertiary/aromatic N) is 1. The van der Waals surface area contributed by atoms with Crippen molar-refractivity contribution in [2.24, 2.45) is 5.10 Å². The van der Waals surface area contributed by atoms with Crippen LogP contribution in [0.15, 0.2) is 50.4 Å². The summed E-state index contributed by atoms with van der Waals surface area (Å²) in [5.41, 5.74) is 3.29. The number of benzene rings is 2. The molecule has 2 aromatic carbocycles. The maximum absolute atomic E-state index is 12.3. The summed E-state index contributed by atoms with van der Waals surface area (Å²) in [4.78, 5) is 23.4. The molecule has 0 heterocycles. The first-order chi connectivity index (χ1) is 11.9. The number of methoxy groups -OCH3 is 1. The van der Waals surface area contributed by atoms with Gasteiger partial charge in [-0.05, 0) is 36.4 Å². The zero-order chi connectivity index (χ0) is 18.4. The zero-order valence-corrected chi connectivity index (χ0v) is 16.5. The first-order valence-corrected chi connectivity index (χ1v) is 8.64. The predicted molar refractivity (Wildman–Crippen MR) is 101 cm³/mol. The van der Waals surface area contributed by atoms with Crippen LogP contribution in [0.4, 0.5) is 0 Å². The Morgan fingerprint density at radius 2 is 1.72 bits per heavy atom. The second-order valence-electron chi connectivity index (χ2n) is 4.82. The van der Waals surface area contributed by atoms with Crippen LogP contribution in [0.3, 0.4) is 0 Å². The third-order valence-corrected chi connectivity index (χ3v) is 3.99. The molecular formula is C17H14Br2N2O4. The van der Waals surface area contributed by atoms with E-state index in [0.717, 1.165) is 8.95 Å². The summed E-state index contributed by atoms with van der Waals surface area (Å²) >= 11 is 6.65. The summed E-state index contributed by atoms with van der Waals surface area (Å²) in [6, 6.07) is 10.2. The van der Waals surface area contributed by atoms with Gasteiger partial charge in [0.1, 0.15) is 11.5 Å². The molecule has 8 heteroatoms. The van der Waals surface area contributed by atoms with Crippen molar-refractivity contribution in [3.05, 3.63) is 56.5 Å². The molecule has 2 rings (SSSR count). The van der Waals surface area contributed by atoms with E-state index in [2.05, 4.69) is 42.4 Å². The smallest absolute Gasteiger partial charge is 0.308 e. The Kier molecular flexibility index (Phi) is 6.72. The van der Waals surface area contributed by atoms with Gasteiger partial charge >= 0.3 is 5.97 Å². The summed E-state index contributed by atoms with van der Waals surface area (Å²) < 4.78 is 11.8. The number of hydrazone groups is 1. The standard InChI is InChI=1S/C17H14Br2N2O4/c1-10(22)25-15-5-3-12(18)7-11(15)9-20-21-17(23)14-8-13(19)4-6-16(14)24-2/h3-9H,1-2H3,(H,21,23)/b20-9-. The topological polar surface area (TPSA) is 77.0 Å². The summed E-state index contributed by atoms with van der Waals surface area (Å²) in [6.07, 6.45) is 1.39. The second-order valence-corrected chi connectivity index (χ2v) is 6.65. The Bertz CT molecular complexity index is 837. The molecule has 0 aliphatic heterocycles. The third-order valence-electron chi connectivity index (χ3n) is 3.00. The fourth-order valence-corrected chi connectivity index (χ4v) is 2.69. The number of carbonyl (C=O) groups excluding carboxylic acids is 2. The van der Waals surface area contributed by atoms with Crippen molar-refractivity contribution in [3.8, 4) is 11.5 Å². The van der Waals surface area contributed by atoms with Crippen LogP contribution < -0.4 is 14.9 Å². The molecule has 1 amide bonds. The predicted octanol–water partition coefficient (Wildman–Crippen LogP) is 3.91. The van der Waals surface area contributed by atoms with Crippen LogP contribution in [-0.2, 0) is 4.79 Å². The first-order valence-electron chi connectivity index (χ1n) is 7.05. The van der Waals surface area contributed by atoms with Gasteiger partial charge in [-0.15, -0.1) is 0 Å². The second kappa shape index (κ2) is 8.77. The van der Waals surface area contributed by atoms with Gasteiger partial charge in [-0.3, -0.25) is 9.59 Å². The van der Waals surface area contributed by atoms with E-state index in [9.17, 15) is 9.59 Å². The van der Waals surface area contributed by atoms with Crippen molar-refractivity contribution in [3.63, 3.8) is 0 Å². The van der Waals surface area contributed by atoms with E-state index in [4.69, 9.17) is 9.47 Å². The molecule has 0 radical (unpaired) electrons. The molecule has 6 nitrogen and oxygen atoms in total. The van der Waals surface area contributed by atoms with Crippen LogP contribution in [-0.4, -0.2) is 25.2 Å². The summed E-state index contributed by atoms with van der Waals surface area (Å²) in [6.45, 7) is 1.31. The van der Waals surface area contributed by atoms with Crippen LogP contribution in [0.1, 0.15) is 22.8 Å². The number of rotatable bonds is 5. The lowest BCUT2D eigenvalue weighted by Gasteiger charge is -2.08. The molecule has 0 atom stereocenters. The molecule has 130 valence electrons. The highest BCUT2D eigenvalue weighted by Gasteiger charge is 2.12. The summed E-state index contributed by atoms with van der Waals surface area (Å²) in [5.74, 6) is -0.106. The highest BCUT2D eigenvalue weighted by atomic mass is 79.9. The van der Waals surface area contributed by atoms with Gasteiger partial charge in [-0.2, -0.15) is 5.10 Å². The van der Waals surface area contributed by atoms with Gasteiger partial charge in [0.05, 0.1) is 18.9 Å². The molecule has 0 aliphatic rings. The molecule has 0 aliphatic carbocycles. The number of nitrogens with one attached hydrogen (secondary N) is 1. The number of carbonyl (C=O) groups is 2. The Morgan fingerprint density at radius 3 is 2.36 bits per heavy atom. The molecule has 0 fully saturated rings. The minimum atomic E-state index is -0.445. The summed E-state index contributed by atoms with van der Waals surface area (Å²) in [7, 11) is 1.48.